The third kappa shape index (κ3) is 5.71. The van der Waals surface area contributed by atoms with E-state index >= 15 is 0 Å². The summed E-state index contributed by atoms with van der Waals surface area (Å²) >= 11 is 7.63. The Morgan fingerprint density at radius 2 is 1.81 bits per heavy atom. The number of carbonyl (C=O) groups is 1. The fourth-order valence-corrected chi connectivity index (χ4v) is 4.10. The molecule has 0 aliphatic carbocycles. The summed E-state index contributed by atoms with van der Waals surface area (Å²) in [5.41, 5.74) is 1.07. The van der Waals surface area contributed by atoms with Gasteiger partial charge in [0.05, 0.1) is 18.0 Å². The van der Waals surface area contributed by atoms with Crippen molar-refractivity contribution in [1.82, 2.24) is 15.1 Å². The van der Waals surface area contributed by atoms with Crippen LogP contribution in [0.3, 0.4) is 0 Å². The van der Waals surface area contributed by atoms with Gasteiger partial charge in [0.1, 0.15) is 5.75 Å². The highest BCUT2D eigenvalue weighted by Crippen LogP contribution is 2.23. The van der Waals surface area contributed by atoms with Crippen LogP contribution in [0.1, 0.15) is 10.4 Å². The lowest BCUT2D eigenvalue weighted by Gasteiger charge is -2.34. The van der Waals surface area contributed by atoms with Crippen LogP contribution in [0.4, 0.5) is 0 Å². The molecule has 5 nitrogen and oxygen atoms in total. The van der Waals surface area contributed by atoms with Crippen molar-refractivity contribution in [2.24, 2.45) is 0 Å². The van der Waals surface area contributed by atoms with E-state index in [2.05, 4.69) is 21.2 Å². The third-order valence-corrected chi connectivity index (χ3v) is 5.71. The number of halogens is 1. The van der Waals surface area contributed by atoms with Gasteiger partial charge in [0.15, 0.2) is 0 Å². The van der Waals surface area contributed by atoms with Crippen molar-refractivity contribution in [2.75, 3.05) is 39.8 Å². The molecule has 1 aromatic heterocycles. The van der Waals surface area contributed by atoms with E-state index in [9.17, 15) is 4.79 Å². The Morgan fingerprint density at radius 3 is 2.42 bits per heavy atom. The van der Waals surface area contributed by atoms with Crippen molar-refractivity contribution < 1.29 is 9.53 Å². The summed E-state index contributed by atoms with van der Waals surface area (Å²) < 4.78 is 5.98. The molecule has 2 heterocycles. The average Bonchev–Trinajstić information content (AvgIpc) is 3.07. The lowest BCUT2D eigenvalue weighted by Crippen LogP contribution is -2.48. The van der Waals surface area contributed by atoms with Crippen LogP contribution in [0.15, 0.2) is 36.4 Å². The normalized spacial score (nSPS) is 15.8. The highest BCUT2D eigenvalue weighted by Gasteiger charge is 2.19. The van der Waals surface area contributed by atoms with Gasteiger partial charge in [0, 0.05) is 44.1 Å². The highest BCUT2D eigenvalue weighted by atomic mass is 35.5. The first-order valence-corrected chi connectivity index (χ1v) is 9.90. The number of hydrogen-bond acceptors (Lipinski definition) is 5. The Labute approximate surface area is 163 Å². The van der Waals surface area contributed by atoms with Gasteiger partial charge in [-0.2, -0.15) is 0 Å². The van der Waals surface area contributed by atoms with E-state index in [0.29, 0.717) is 13.1 Å². The summed E-state index contributed by atoms with van der Waals surface area (Å²) in [5.74, 6) is 0.891. The summed E-state index contributed by atoms with van der Waals surface area (Å²) in [6.45, 7) is 5.71. The van der Waals surface area contributed by atoms with Crippen molar-refractivity contribution in [3.63, 3.8) is 0 Å². The van der Waals surface area contributed by atoms with Crippen LogP contribution < -0.4 is 10.1 Å². The number of ether oxygens (including phenoxy) is 1. The number of amides is 1. The van der Waals surface area contributed by atoms with E-state index < -0.39 is 0 Å². The number of nitrogens with one attached hydrogen (secondary N) is 1. The number of thiophene rings is 1. The first-order chi connectivity index (χ1) is 12.6. The van der Waals surface area contributed by atoms with Crippen molar-refractivity contribution in [3.8, 4) is 5.75 Å². The number of piperazine rings is 1. The molecule has 0 bridgehead atoms. The summed E-state index contributed by atoms with van der Waals surface area (Å²) in [7, 11) is 1.64. The molecule has 7 heteroatoms. The zero-order valence-corrected chi connectivity index (χ0v) is 16.5. The molecule has 1 aliphatic rings. The van der Waals surface area contributed by atoms with Gasteiger partial charge >= 0.3 is 0 Å². The van der Waals surface area contributed by atoms with Crippen LogP contribution in [0, 0.1) is 0 Å². The zero-order valence-electron chi connectivity index (χ0n) is 14.9. The molecular weight excluding hydrogens is 370 g/mol. The largest absolute Gasteiger partial charge is 0.497 e. The Balaban J connectivity index is 1.36. The van der Waals surface area contributed by atoms with Crippen molar-refractivity contribution in [1.29, 1.82) is 0 Å². The van der Waals surface area contributed by atoms with E-state index in [0.717, 1.165) is 48.4 Å². The molecule has 0 spiro atoms. The summed E-state index contributed by atoms with van der Waals surface area (Å²) in [6.07, 6.45) is 0. The average molecular weight is 394 g/mol. The van der Waals surface area contributed by atoms with Gasteiger partial charge in [-0.1, -0.05) is 23.7 Å². The number of nitrogens with zero attached hydrogens (tertiary/aromatic N) is 2. The molecule has 1 saturated heterocycles. The van der Waals surface area contributed by atoms with Crippen LogP contribution in [0.5, 0.6) is 5.75 Å². The molecule has 0 saturated carbocycles. The molecule has 26 heavy (non-hydrogen) atoms. The monoisotopic (exact) mass is 393 g/mol. The van der Waals surface area contributed by atoms with Crippen molar-refractivity contribution in [2.45, 2.75) is 13.1 Å². The molecular formula is C19H24ClN3O2S. The van der Waals surface area contributed by atoms with Crippen LogP contribution in [0.25, 0.3) is 0 Å². The zero-order chi connectivity index (χ0) is 18.4. The Bertz CT molecular complexity index is 712. The first kappa shape index (κ1) is 19.2. The quantitative estimate of drug-likeness (QED) is 0.785. The molecule has 1 N–H and O–H groups in total. The van der Waals surface area contributed by atoms with Gasteiger partial charge in [0.2, 0.25) is 5.91 Å². The van der Waals surface area contributed by atoms with E-state index in [1.54, 1.807) is 18.4 Å². The number of methoxy groups -OCH3 is 1. The molecule has 140 valence electrons. The fourth-order valence-electron chi connectivity index (χ4n) is 2.97. The topological polar surface area (TPSA) is 44.8 Å². The van der Waals surface area contributed by atoms with Crippen LogP contribution in [0.2, 0.25) is 4.34 Å². The van der Waals surface area contributed by atoms with Crippen LogP contribution in [-0.4, -0.2) is 55.5 Å². The van der Waals surface area contributed by atoms with E-state index in [1.807, 2.05) is 30.3 Å². The maximum absolute atomic E-state index is 12.2. The molecule has 1 fully saturated rings. The van der Waals surface area contributed by atoms with Gasteiger partial charge < -0.3 is 10.1 Å². The highest BCUT2D eigenvalue weighted by molar-refractivity contribution is 7.16. The molecule has 0 radical (unpaired) electrons. The minimum absolute atomic E-state index is 0.0688. The molecule has 1 amide bonds. The predicted molar refractivity (Wildman–Crippen MR) is 106 cm³/mol. The van der Waals surface area contributed by atoms with Crippen LogP contribution in [-0.2, 0) is 17.9 Å². The van der Waals surface area contributed by atoms with Gasteiger partial charge in [-0.25, -0.2) is 0 Å². The van der Waals surface area contributed by atoms with Crippen LogP contribution >= 0.6 is 22.9 Å². The van der Waals surface area contributed by atoms with E-state index in [-0.39, 0.29) is 5.91 Å². The molecule has 0 unspecified atom stereocenters. The maximum Gasteiger partial charge on any atom is 0.234 e. The SMILES string of the molecule is COc1ccc(CNC(=O)CN2CCN(Cc3ccc(Cl)s3)CC2)cc1. The molecule has 1 aliphatic heterocycles. The Morgan fingerprint density at radius 1 is 1.12 bits per heavy atom. The van der Waals surface area contributed by atoms with E-state index in [4.69, 9.17) is 16.3 Å². The fraction of sp³-hybridized carbons (Fsp3) is 0.421. The first-order valence-electron chi connectivity index (χ1n) is 8.71. The second kappa shape index (κ2) is 9.37. The summed E-state index contributed by atoms with van der Waals surface area (Å²) in [6, 6.07) is 11.8. The Hall–Kier alpha value is -1.60. The summed E-state index contributed by atoms with van der Waals surface area (Å²) in [5, 5.41) is 2.99. The van der Waals surface area contributed by atoms with Gasteiger partial charge in [-0.3, -0.25) is 14.6 Å². The minimum atomic E-state index is 0.0688. The molecule has 2 aromatic rings. The number of benzene rings is 1. The second-order valence-electron chi connectivity index (χ2n) is 6.38. The molecule has 3 rings (SSSR count). The van der Waals surface area contributed by atoms with Gasteiger partial charge in [-0.05, 0) is 29.8 Å². The Kier molecular flexibility index (Phi) is 6.91. The predicted octanol–water partition coefficient (Wildman–Crippen LogP) is 2.84. The number of rotatable bonds is 7. The molecule has 1 aromatic carbocycles. The van der Waals surface area contributed by atoms with Crippen molar-refractivity contribution >= 4 is 28.8 Å². The second-order valence-corrected chi connectivity index (χ2v) is 8.18. The lowest BCUT2D eigenvalue weighted by atomic mass is 10.2. The number of hydrogen-bond donors (Lipinski definition) is 1. The molecule has 0 atom stereocenters. The third-order valence-electron chi connectivity index (χ3n) is 4.49. The van der Waals surface area contributed by atoms with Gasteiger partial charge in [-0.15, -0.1) is 11.3 Å². The minimum Gasteiger partial charge on any atom is -0.497 e. The lowest BCUT2D eigenvalue weighted by molar-refractivity contribution is -0.122. The maximum atomic E-state index is 12.2. The van der Waals surface area contributed by atoms with Crippen molar-refractivity contribution in [3.05, 3.63) is 51.2 Å². The number of carbonyl (C=O) groups excluding carboxylic acids is 1. The standard InChI is InChI=1S/C19H24ClN3O2S/c1-25-16-4-2-15(3-5-16)12-21-19(24)14-23-10-8-22(9-11-23)13-17-6-7-18(20)26-17/h2-7H,8-14H2,1H3,(H,21,24). The summed E-state index contributed by atoms with van der Waals surface area (Å²) in [4.78, 5) is 18.1. The smallest absolute Gasteiger partial charge is 0.234 e. The van der Waals surface area contributed by atoms with E-state index in [1.165, 1.54) is 4.88 Å². The van der Waals surface area contributed by atoms with Gasteiger partial charge in [0.25, 0.3) is 0 Å².